The summed E-state index contributed by atoms with van der Waals surface area (Å²) < 4.78 is 5.57. The van der Waals surface area contributed by atoms with Gasteiger partial charge in [0, 0.05) is 24.7 Å². The summed E-state index contributed by atoms with van der Waals surface area (Å²) in [7, 11) is 0. The molecule has 0 aromatic heterocycles. The average molecular weight is 186 g/mol. The van der Waals surface area contributed by atoms with E-state index >= 15 is 0 Å². The van der Waals surface area contributed by atoms with Crippen LogP contribution in [0.25, 0.3) is 0 Å². The van der Waals surface area contributed by atoms with Crippen molar-refractivity contribution in [1.29, 1.82) is 0 Å². The SMILES string of the molecule is CC1CN(C(C)C(C)N)C(C)CO1. The quantitative estimate of drug-likeness (QED) is 0.694. The summed E-state index contributed by atoms with van der Waals surface area (Å²) in [5, 5.41) is 0. The highest BCUT2D eigenvalue weighted by atomic mass is 16.5. The van der Waals surface area contributed by atoms with Gasteiger partial charge in [-0.2, -0.15) is 0 Å². The van der Waals surface area contributed by atoms with Crippen LogP contribution in [-0.4, -0.2) is 42.3 Å². The number of morpholine rings is 1. The highest BCUT2D eigenvalue weighted by Crippen LogP contribution is 2.15. The third-order valence-electron chi connectivity index (χ3n) is 2.94. The van der Waals surface area contributed by atoms with Crippen LogP contribution in [-0.2, 0) is 4.74 Å². The van der Waals surface area contributed by atoms with Crippen molar-refractivity contribution in [1.82, 2.24) is 4.90 Å². The predicted molar refractivity (Wildman–Crippen MR) is 54.7 cm³/mol. The van der Waals surface area contributed by atoms with E-state index in [9.17, 15) is 0 Å². The first-order valence-electron chi connectivity index (χ1n) is 5.15. The fraction of sp³-hybridized carbons (Fsp3) is 1.00. The van der Waals surface area contributed by atoms with Crippen LogP contribution in [0.15, 0.2) is 0 Å². The fourth-order valence-electron chi connectivity index (χ4n) is 1.80. The van der Waals surface area contributed by atoms with E-state index in [4.69, 9.17) is 10.5 Å². The molecule has 2 N–H and O–H groups in total. The van der Waals surface area contributed by atoms with E-state index in [1.165, 1.54) is 0 Å². The Hall–Kier alpha value is -0.120. The molecule has 3 heteroatoms. The summed E-state index contributed by atoms with van der Waals surface area (Å²) >= 11 is 0. The van der Waals surface area contributed by atoms with Gasteiger partial charge in [-0.1, -0.05) is 0 Å². The minimum atomic E-state index is 0.229. The summed E-state index contributed by atoms with van der Waals surface area (Å²) in [4.78, 5) is 2.44. The van der Waals surface area contributed by atoms with Gasteiger partial charge in [-0.15, -0.1) is 0 Å². The number of rotatable bonds is 2. The average Bonchev–Trinajstić information content (AvgIpc) is 2.08. The Bertz CT molecular complexity index is 161. The van der Waals surface area contributed by atoms with Crippen LogP contribution in [0.3, 0.4) is 0 Å². The Morgan fingerprint density at radius 3 is 2.54 bits per heavy atom. The highest BCUT2D eigenvalue weighted by molar-refractivity contribution is 4.83. The number of hydrogen-bond acceptors (Lipinski definition) is 3. The second-order valence-corrected chi connectivity index (χ2v) is 4.29. The van der Waals surface area contributed by atoms with Gasteiger partial charge in [0.15, 0.2) is 0 Å². The van der Waals surface area contributed by atoms with Crippen LogP contribution in [0.5, 0.6) is 0 Å². The summed E-state index contributed by atoms with van der Waals surface area (Å²) in [5.41, 5.74) is 5.89. The molecule has 4 unspecified atom stereocenters. The lowest BCUT2D eigenvalue weighted by molar-refractivity contribution is -0.0658. The maximum absolute atomic E-state index is 5.89. The monoisotopic (exact) mass is 186 g/mol. The van der Waals surface area contributed by atoms with Gasteiger partial charge in [-0.05, 0) is 27.7 Å². The molecule has 0 bridgehead atoms. The van der Waals surface area contributed by atoms with Gasteiger partial charge >= 0.3 is 0 Å². The first-order valence-corrected chi connectivity index (χ1v) is 5.15. The van der Waals surface area contributed by atoms with Gasteiger partial charge in [0.25, 0.3) is 0 Å². The minimum Gasteiger partial charge on any atom is -0.376 e. The molecule has 0 aromatic carbocycles. The normalized spacial score (nSPS) is 35.8. The van der Waals surface area contributed by atoms with E-state index in [1.807, 2.05) is 0 Å². The minimum absolute atomic E-state index is 0.229. The molecule has 0 spiro atoms. The molecular weight excluding hydrogens is 164 g/mol. The molecule has 0 saturated carbocycles. The van der Waals surface area contributed by atoms with E-state index in [1.54, 1.807) is 0 Å². The lowest BCUT2D eigenvalue weighted by atomic mass is 10.1. The molecule has 1 rings (SSSR count). The molecule has 4 atom stereocenters. The fourth-order valence-corrected chi connectivity index (χ4v) is 1.80. The van der Waals surface area contributed by atoms with Gasteiger partial charge in [-0.3, -0.25) is 4.90 Å². The summed E-state index contributed by atoms with van der Waals surface area (Å²) in [6.45, 7) is 10.4. The van der Waals surface area contributed by atoms with Crippen molar-refractivity contribution < 1.29 is 4.74 Å². The molecule has 13 heavy (non-hydrogen) atoms. The Morgan fingerprint density at radius 1 is 1.38 bits per heavy atom. The Balaban J connectivity index is 2.54. The Kier molecular flexibility index (Phi) is 3.71. The first-order chi connectivity index (χ1) is 6.02. The van der Waals surface area contributed by atoms with Crippen LogP contribution < -0.4 is 5.73 Å². The molecule has 1 saturated heterocycles. The number of nitrogens with zero attached hydrogens (tertiary/aromatic N) is 1. The second-order valence-electron chi connectivity index (χ2n) is 4.29. The number of ether oxygens (including phenoxy) is 1. The van der Waals surface area contributed by atoms with Crippen molar-refractivity contribution in [2.45, 2.75) is 51.9 Å². The van der Waals surface area contributed by atoms with Crippen LogP contribution in [0.4, 0.5) is 0 Å². The maximum atomic E-state index is 5.89. The standard InChI is InChI=1S/C10H22N2O/c1-7-6-13-8(2)5-12(7)10(4)9(3)11/h7-10H,5-6,11H2,1-4H3. The van der Waals surface area contributed by atoms with Crippen molar-refractivity contribution in [3.8, 4) is 0 Å². The highest BCUT2D eigenvalue weighted by Gasteiger charge is 2.28. The molecule has 0 amide bonds. The maximum Gasteiger partial charge on any atom is 0.0674 e. The zero-order valence-corrected chi connectivity index (χ0v) is 9.16. The van der Waals surface area contributed by atoms with E-state index in [-0.39, 0.29) is 6.04 Å². The number of hydrogen-bond donors (Lipinski definition) is 1. The van der Waals surface area contributed by atoms with Gasteiger partial charge < -0.3 is 10.5 Å². The second kappa shape index (κ2) is 4.40. The zero-order valence-electron chi connectivity index (χ0n) is 9.16. The molecule has 0 aliphatic carbocycles. The van der Waals surface area contributed by atoms with E-state index in [2.05, 4.69) is 32.6 Å². The van der Waals surface area contributed by atoms with Crippen LogP contribution in [0.2, 0.25) is 0 Å². The van der Waals surface area contributed by atoms with Crippen molar-refractivity contribution in [2.75, 3.05) is 13.2 Å². The predicted octanol–water partition coefficient (Wildman–Crippen LogP) is 0.831. The molecule has 1 aliphatic heterocycles. The first kappa shape index (κ1) is 11.0. The summed E-state index contributed by atoms with van der Waals surface area (Å²) in [6.07, 6.45) is 0.345. The van der Waals surface area contributed by atoms with Gasteiger partial charge in [0.1, 0.15) is 0 Å². The summed E-state index contributed by atoms with van der Waals surface area (Å²) in [5.74, 6) is 0. The smallest absolute Gasteiger partial charge is 0.0674 e. The molecule has 1 heterocycles. The van der Waals surface area contributed by atoms with E-state index in [0.717, 1.165) is 13.2 Å². The molecule has 1 fully saturated rings. The molecule has 3 nitrogen and oxygen atoms in total. The lowest BCUT2D eigenvalue weighted by Gasteiger charge is -2.42. The van der Waals surface area contributed by atoms with Crippen LogP contribution in [0, 0.1) is 0 Å². The molecule has 78 valence electrons. The van der Waals surface area contributed by atoms with Crippen molar-refractivity contribution in [3.05, 3.63) is 0 Å². The van der Waals surface area contributed by atoms with Crippen molar-refractivity contribution in [2.24, 2.45) is 5.73 Å². The van der Waals surface area contributed by atoms with Crippen molar-refractivity contribution in [3.63, 3.8) is 0 Å². The van der Waals surface area contributed by atoms with Crippen molar-refractivity contribution >= 4 is 0 Å². The molecule has 1 aliphatic rings. The largest absolute Gasteiger partial charge is 0.376 e. The molecule has 0 aromatic rings. The summed E-state index contributed by atoms with van der Waals surface area (Å²) in [6, 6.07) is 1.17. The lowest BCUT2D eigenvalue weighted by Crippen LogP contribution is -2.55. The zero-order chi connectivity index (χ0) is 10.0. The van der Waals surface area contributed by atoms with Gasteiger partial charge in [-0.25, -0.2) is 0 Å². The van der Waals surface area contributed by atoms with Crippen LogP contribution in [0.1, 0.15) is 27.7 Å². The Labute approximate surface area is 81.2 Å². The van der Waals surface area contributed by atoms with Gasteiger partial charge in [0.2, 0.25) is 0 Å². The van der Waals surface area contributed by atoms with Gasteiger partial charge in [0.05, 0.1) is 12.7 Å². The number of nitrogens with two attached hydrogens (primary N) is 1. The third-order valence-corrected chi connectivity index (χ3v) is 2.94. The van der Waals surface area contributed by atoms with E-state index in [0.29, 0.717) is 18.2 Å². The Morgan fingerprint density at radius 2 is 2.00 bits per heavy atom. The molecular formula is C10H22N2O. The third kappa shape index (κ3) is 2.66. The van der Waals surface area contributed by atoms with E-state index < -0.39 is 0 Å². The molecule has 0 radical (unpaired) electrons. The van der Waals surface area contributed by atoms with Crippen LogP contribution >= 0.6 is 0 Å². The topological polar surface area (TPSA) is 38.5 Å².